The Morgan fingerprint density at radius 2 is 1.79 bits per heavy atom. The second kappa shape index (κ2) is 13.1. The minimum absolute atomic E-state index is 0.122. The molecule has 2 atom stereocenters. The lowest BCUT2D eigenvalue weighted by Gasteiger charge is -2.21. The van der Waals surface area contributed by atoms with Crippen molar-refractivity contribution in [2.45, 2.75) is 79.1 Å². The highest BCUT2D eigenvalue weighted by Crippen LogP contribution is 2.36. The molecule has 0 spiro atoms. The van der Waals surface area contributed by atoms with Crippen LogP contribution in [0.4, 0.5) is 5.00 Å². The fourth-order valence-electron chi connectivity index (χ4n) is 3.23. The summed E-state index contributed by atoms with van der Waals surface area (Å²) >= 11 is 1.14. The van der Waals surface area contributed by atoms with E-state index in [9.17, 15) is 15.4 Å². The lowest BCUT2D eigenvalue weighted by Crippen LogP contribution is -2.08. The van der Waals surface area contributed by atoms with Crippen molar-refractivity contribution in [3.63, 3.8) is 0 Å². The van der Waals surface area contributed by atoms with E-state index in [-0.39, 0.29) is 9.92 Å². The molecule has 1 aromatic carbocycles. The van der Waals surface area contributed by atoms with Gasteiger partial charge in [0.1, 0.15) is 0 Å². The molecule has 0 bridgehead atoms. The fourth-order valence-corrected chi connectivity index (χ4v) is 4.05. The predicted molar refractivity (Wildman–Crippen MR) is 123 cm³/mol. The number of nitrogens with zero attached hydrogens (tertiary/aromatic N) is 2. The van der Waals surface area contributed by atoms with E-state index >= 15 is 0 Å². The van der Waals surface area contributed by atoms with Gasteiger partial charge in [0.25, 0.3) is 0 Å². The summed E-state index contributed by atoms with van der Waals surface area (Å²) in [6.45, 7) is 10.9. The summed E-state index contributed by atoms with van der Waals surface area (Å²) < 4.78 is 0. The summed E-state index contributed by atoms with van der Waals surface area (Å²) in [6, 6.07) is 11.4. The lowest BCUT2D eigenvalue weighted by molar-refractivity contribution is -0.380. The largest absolute Gasteiger partial charge is 0.324 e. The zero-order chi connectivity index (χ0) is 21.8. The van der Waals surface area contributed by atoms with Gasteiger partial charge in [0.05, 0.1) is 16.6 Å². The standard InChI is InChI=1S/C21H26N2O2S.C3H8/c1-4-5-6-7-8-15(2)16(3)19-10-9-17(13-18(19)14-22)20-11-12-21(26-20)23(24)25;1-3-2/h9-13,15-16H,4-8H2,1-3H3;3H2,1-2H3. The molecule has 0 saturated carbocycles. The van der Waals surface area contributed by atoms with Crippen LogP contribution in [-0.4, -0.2) is 4.92 Å². The Hall–Kier alpha value is -2.19. The van der Waals surface area contributed by atoms with Crippen LogP contribution < -0.4 is 0 Å². The Kier molecular flexibility index (Phi) is 11.2. The van der Waals surface area contributed by atoms with E-state index in [0.717, 1.165) is 27.3 Å². The summed E-state index contributed by atoms with van der Waals surface area (Å²) in [5.74, 6) is 0.839. The Labute approximate surface area is 179 Å². The van der Waals surface area contributed by atoms with Crippen LogP contribution in [0.3, 0.4) is 0 Å². The first kappa shape index (κ1) is 24.8. The molecule has 0 aliphatic carbocycles. The van der Waals surface area contributed by atoms with E-state index < -0.39 is 0 Å². The van der Waals surface area contributed by atoms with E-state index in [1.807, 2.05) is 18.2 Å². The number of hydrogen-bond acceptors (Lipinski definition) is 4. The van der Waals surface area contributed by atoms with E-state index in [2.05, 4.69) is 40.7 Å². The Morgan fingerprint density at radius 1 is 1.10 bits per heavy atom. The molecule has 0 fully saturated rings. The van der Waals surface area contributed by atoms with Gasteiger partial charge in [-0.25, -0.2) is 0 Å². The molecule has 2 aromatic rings. The molecule has 2 rings (SSSR count). The van der Waals surface area contributed by atoms with Crippen molar-refractivity contribution in [1.29, 1.82) is 5.26 Å². The fraction of sp³-hybridized carbons (Fsp3) is 0.542. The number of unbranched alkanes of at least 4 members (excludes halogenated alkanes) is 3. The average Bonchev–Trinajstić information content (AvgIpc) is 3.21. The third kappa shape index (κ3) is 7.62. The summed E-state index contributed by atoms with van der Waals surface area (Å²) in [7, 11) is 0. The summed E-state index contributed by atoms with van der Waals surface area (Å²) in [4.78, 5) is 11.3. The van der Waals surface area contributed by atoms with Crippen molar-refractivity contribution in [3.05, 3.63) is 51.6 Å². The first-order valence-electron chi connectivity index (χ1n) is 10.7. The third-order valence-corrected chi connectivity index (χ3v) is 6.17. The minimum atomic E-state index is -0.379. The maximum atomic E-state index is 10.9. The number of thiophene rings is 1. The number of nitriles is 1. The van der Waals surface area contributed by atoms with Crippen molar-refractivity contribution in [2.24, 2.45) is 5.92 Å². The van der Waals surface area contributed by atoms with Crippen LogP contribution in [0, 0.1) is 27.4 Å². The Balaban J connectivity index is 0.00000132. The number of nitro groups is 1. The van der Waals surface area contributed by atoms with E-state index in [0.29, 0.717) is 17.4 Å². The van der Waals surface area contributed by atoms with Gasteiger partial charge in [-0.2, -0.15) is 5.26 Å². The van der Waals surface area contributed by atoms with Gasteiger partial charge in [0, 0.05) is 10.9 Å². The minimum Gasteiger partial charge on any atom is -0.258 e. The van der Waals surface area contributed by atoms with Gasteiger partial charge in [-0.05, 0) is 35.1 Å². The van der Waals surface area contributed by atoms with Crippen molar-refractivity contribution in [1.82, 2.24) is 0 Å². The molecular weight excluding hydrogens is 380 g/mol. The van der Waals surface area contributed by atoms with Crippen molar-refractivity contribution in [2.75, 3.05) is 0 Å². The van der Waals surface area contributed by atoms with Crippen molar-refractivity contribution >= 4 is 16.3 Å². The molecule has 158 valence electrons. The summed E-state index contributed by atoms with van der Waals surface area (Å²) in [5.41, 5.74) is 2.61. The first-order chi connectivity index (χ1) is 13.9. The highest BCUT2D eigenvalue weighted by atomic mass is 32.1. The van der Waals surface area contributed by atoms with Gasteiger partial charge in [-0.3, -0.25) is 10.1 Å². The normalized spacial score (nSPS) is 12.4. The Morgan fingerprint density at radius 3 is 2.34 bits per heavy atom. The van der Waals surface area contributed by atoms with Gasteiger partial charge < -0.3 is 0 Å². The molecular formula is C24H34N2O2S. The van der Waals surface area contributed by atoms with Crippen LogP contribution in [-0.2, 0) is 0 Å². The molecule has 0 amide bonds. The van der Waals surface area contributed by atoms with Crippen LogP contribution >= 0.6 is 11.3 Å². The number of benzene rings is 1. The van der Waals surface area contributed by atoms with E-state index in [1.165, 1.54) is 44.6 Å². The van der Waals surface area contributed by atoms with Gasteiger partial charge in [0.15, 0.2) is 0 Å². The maximum Gasteiger partial charge on any atom is 0.324 e. The molecule has 0 aliphatic rings. The summed E-state index contributed by atoms with van der Waals surface area (Å²) in [6.07, 6.45) is 7.45. The van der Waals surface area contributed by atoms with Crippen LogP contribution in [0.15, 0.2) is 30.3 Å². The van der Waals surface area contributed by atoms with Gasteiger partial charge in [-0.1, -0.05) is 96.6 Å². The predicted octanol–water partition coefficient (Wildman–Crippen LogP) is 8.32. The van der Waals surface area contributed by atoms with E-state index in [1.54, 1.807) is 6.07 Å². The van der Waals surface area contributed by atoms with Gasteiger partial charge in [0.2, 0.25) is 0 Å². The monoisotopic (exact) mass is 414 g/mol. The quantitative estimate of drug-likeness (QED) is 0.235. The topological polar surface area (TPSA) is 66.9 Å². The first-order valence-corrected chi connectivity index (χ1v) is 11.5. The van der Waals surface area contributed by atoms with Crippen LogP contribution in [0.5, 0.6) is 0 Å². The highest BCUT2D eigenvalue weighted by Gasteiger charge is 2.19. The lowest BCUT2D eigenvalue weighted by atomic mass is 9.83. The maximum absolute atomic E-state index is 10.9. The zero-order valence-electron chi connectivity index (χ0n) is 18.4. The van der Waals surface area contributed by atoms with Crippen LogP contribution in [0.1, 0.15) is 90.2 Å². The molecule has 0 saturated heterocycles. The second-order valence-corrected chi connectivity index (χ2v) is 8.69. The highest BCUT2D eigenvalue weighted by molar-refractivity contribution is 7.18. The average molecular weight is 415 g/mol. The zero-order valence-corrected chi connectivity index (χ0v) is 19.2. The number of hydrogen-bond donors (Lipinski definition) is 0. The molecule has 0 radical (unpaired) electrons. The Bertz CT molecular complexity index is 807. The molecule has 5 heteroatoms. The van der Waals surface area contributed by atoms with E-state index in [4.69, 9.17) is 0 Å². The molecule has 29 heavy (non-hydrogen) atoms. The van der Waals surface area contributed by atoms with Crippen LogP contribution in [0.25, 0.3) is 10.4 Å². The molecule has 0 aliphatic heterocycles. The van der Waals surface area contributed by atoms with Crippen molar-refractivity contribution < 1.29 is 4.92 Å². The molecule has 1 heterocycles. The molecule has 2 unspecified atom stereocenters. The van der Waals surface area contributed by atoms with Crippen molar-refractivity contribution in [3.8, 4) is 16.5 Å². The smallest absolute Gasteiger partial charge is 0.258 e. The third-order valence-electron chi connectivity index (χ3n) is 5.09. The van der Waals surface area contributed by atoms with Gasteiger partial charge in [-0.15, -0.1) is 0 Å². The SMILES string of the molecule is CCC.CCCCCCC(C)C(C)c1ccc(-c2ccc([N+](=O)[O-])s2)cc1C#N. The molecule has 4 nitrogen and oxygen atoms in total. The molecule has 0 N–H and O–H groups in total. The second-order valence-electron chi connectivity index (χ2n) is 7.63. The summed E-state index contributed by atoms with van der Waals surface area (Å²) in [5, 5.41) is 20.6. The molecule has 1 aromatic heterocycles. The number of rotatable bonds is 9. The van der Waals surface area contributed by atoms with Crippen LogP contribution in [0.2, 0.25) is 0 Å². The van der Waals surface area contributed by atoms with Gasteiger partial charge >= 0.3 is 5.00 Å².